The zero-order valence-corrected chi connectivity index (χ0v) is 13.5. The Morgan fingerprint density at radius 3 is 2.44 bits per heavy atom. The number of hydrogen-bond donors (Lipinski definition) is 4. The van der Waals surface area contributed by atoms with Crippen LogP contribution in [0.2, 0.25) is 0 Å². The van der Waals surface area contributed by atoms with Crippen molar-refractivity contribution >= 4 is 12.4 Å². The second-order valence-electron chi connectivity index (χ2n) is 5.93. The van der Waals surface area contributed by atoms with Crippen LogP contribution in [0.25, 0.3) is 6.08 Å². The third kappa shape index (κ3) is 2.81. The van der Waals surface area contributed by atoms with Gasteiger partial charge in [-0.05, 0) is 52.6 Å². The summed E-state index contributed by atoms with van der Waals surface area (Å²) in [6.07, 6.45) is 2.27. The topological polar surface area (TPSA) is 107 Å². The number of carbonyl (C=O) groups excluding carboxylic acids is 1. The molecule has 0 amide bonds. The molecule has 1 aliphatic carbocycles. The van der Waals surface area contributed by atoms with Crippen LogP contribution >= 0.6 is 0 Å². The Hall–Kier alpha value is -2.99. The van der Waals surface area contributed by atoms with Crippen molar-refractivity contribution in [1.82, 2.24) is 0 Å². The summed E-state index contributed by atoms with van der Waals surface area (Å²) < 4.78 is 5.14. The van der Waals surface area contributed by atoms with Gasteiger partial charge in [0.1, 0.15) is 6.29 Å². The van der Waals surface area contributed by atoms with Crippen LogP contribution in [-0.4, -0.2) is 40.4 Å². The number of aliphatic hydroxyl groups excluding tert-OH is 1. The summed E-state index contributed by atoms with van der Waals surface area (Å²) in [6.45, 7) is -0.278. The molecule has 0 aromatic heterocycles. The monoisotopic (exact) mass is 342 g/mol. The lowest BCUT2D eigenvalue weighted by Gasteiger charge is -2.32. The van der Waals surface area contributed by atoms with Gasteiger partial charge in [0.05, 0.1) is 13.7 Å². The van der Waals surface area contributed by atoms with Gasteiger partial charge in [0.15, 0.2) is 23.0 Å². The van der Waals surface area contributed by atoms with Crippen molar-refractivity contribution in [3.63, 3.8) is 0 Å². The number of fused-ring (bicyclic) bond motifs is 1. The van der Waals surface area contributed by atoms with Gasteiger partial charge in [0.25, 0.3) is 0 Å². The molecule has 0 unspecified atom stereocenters. The molecular weight excluding hydrogens is 324 g/mol. The van der Waals surface area contributed by atoms with E-state index in [2.05, 4.69) is 0 Å². The van der Waals surface area contributed by atoms with Crippen LogP contribution in [0, 0.1) is 5.92 Å². The standard InChI is InChI=1S/C19H18O6/c1-25-18-6-10(2-3-15(18)22)19-13-7-17(24)16(23)5-11(13)4-12(8-20)14(19)9-21/h2-8,14,19,21-24H,9H2,1H3/t14-,19-/m0/s1. The molecule has 0 fully saturated rings. The molecule has 0 saturated carbocycles. The second-order valence-corrected chi connectivity index (χ2v) is 5.93. The van der Waals surface area contributed by atoms with Crippen molar-refractivity contribution < 1.29 is 30.0 Å². The molecule has 0 aliphatic heterocycles. The minimum atomic E-state index is -0.525. The zero-order chi connectivity index (χ0) is 18.1. The molecule has 0 bridgehead atoms. The predicted octanol–water partition coefficient (Wildman–Crippen LogP) is 2.15. The van der Waals surface area contributed by atoms with E-state index in [0.717, 1.165) is 0 Å². The van der Waals surface area contributed by atoms with Gasteiger partial charge in [-0.3, -0.25) is 4.79 Å². The van der Waals surface area contributed by atoms with E-state index in [1.54, 1.807) is 18.2 Å². The minimum absolute atomic E-state index is 0.0254. The number of carbonyl (C=O) groups is 1. The second kappa shape index (κ2) is 6.49. The maximum atomic E-state index is 11.5. The van der Waals surface area contributed by atoms with E-state index in [0.29, 0.717) is 28.5 Å². The molecule has 0 spiro atoms. The van der Waals surface area contributed by atoms with Gasteiger partial charge in [0, 0.05) is 11.8 Å². The van der Waals surface area contributed by atoms with E-state index < -0.39 is 11.8 Å². The van der Waals surface area contributed by atoms with E-state index >= 15 is 0 Å². The maximum Gasteiger partial charge on any atom is 0.160 e. The van der Waals surface area contributed by atoms with Gasteiger partial charge in [-0.15, -0.1) is 0 Å². The summed E-state index contributed by atoms with van der Waals surface area (Å²) in [4.78, 5) is 11.5. The predicted molar refractivity (Wildman–Crippen MR) is 90.9 cm³/mol. The summed E-state index contributed by atoms with van der Waals surface area (Å²) in [5, 5.41) is 39.3. The first-order valence-corrected chi connectivity index (χ1v) is 7.70. The number of phenols is 3. The van der Waals surface area contributed by atoms with Crippen LogP contribution in [0.4, 0.5) is 0 Å². The summed E-state index contributed by atoms with van der Waals surface area (Å²) >= 11 is 0. The number of aldehydes is 1. The van der Waals surface area contributed by atoms with Crippen molar-refractivity contribution in [3.05, 3.63) is 52.6 Å². The molecule has 1 aliphatic rings. The largest absolute Gasteiger partial charge is 0.504 e. The number of aliphatic hydroxyl groups is 1. The van der Waals surface area contributed by atoms with E-state index in [1.165, 1.54) is 25.3 Å². The number of aromatic hydroxyl groups is 3. The van der Waals surface area contributed by atoms with Crippen LogP contribution in [0.1, 0.15) is 22.6 Å². The maximum absolute atomic E-state index is 11.5. The van der Waals surface area contributed by atoms with E-state index in [9.17, 15) is 25.2 Å². The lowest BCUT2D eigenvalue weighted by molar-refractivity contribution is -0.105. The quantitative estimate of drug-likeness (QED) is 0.501. The highest BCUT2D eigenvalue weighted by Gasteiger charge is 2.33. The molecule has 0 heterocycles. The molecule has 0 saturated heterocycles. The molecule has 2 aromatic rings. The number of methoxy groups -OCH3 is 1. The highest BCUT2D eigenvalue weighted by atomic mass is 16.5. The highest BCUT2D eigenvalue weighted by Crippen LogP contribution is 2.46. The Kier molecular flexibility index (Phi) is 4.37. The van der Waals surface area contributed by atoms with Crippen molar-refractivity contribution in [1.29, 1.82) is 0 Å². The van der Waals surface area contributed by atoms with Crippen molar-refractivity contribution in [2.24, 2.45) is 5.92 Å². The highest BCUT2D eigenvalue weighted by molar-refractivity contribution is 5.86. The fraction of sp³-hybridized carbons (Fsp3) is 0.211. The number of benzene rings is 2. The first-order valence-electron chi connectivity index (χ1n) is 7.70. The smallest absolute Gasteiger partial charge is 0.160 e. The van der Waals surface area contributed by atoms with Crippen molar-refractivity contribution in [2.75, 3.05) is 13.7 Å². The average molecular weight is 342 g/mol. The van der Waals surface area contributed by atoms with Gasteiger partial charge in [-0.1, -0.05) is 6.07 Å². The van der Waals surface area contributed by atoms with Gasteiger partial charge < -0.3 is 25.2 Å². The van der Waals surface area contributed by atoms with Gasteiger partial charge in [-0.2, -0.15) is 0 Å². The normalized spacial score (nSPS) is 19.0. The number of rotatable bonds is 4. The van der Waals surface area contributed by atoms with Crippen LogP contribution in [0.15, 0.2) is 35.9 Å². The molecule has 0 radical (unpaired) electrons. The van der Waals surface area contributed by atoms with Crippen LogP contribution in [0.5, 0.6) is 23.0 Å². The summed E-state index contributed by atoms with van der Waals surface area (Å²) in [7, 11) is 1.43. The lowest BCUT2D eigenvalue weighted by atomic mass is 9.72. The zero-order valence-electron chi connectivity index (χ0n) is 13.5. The lowest BCUT2D eigenvalue weighted by Crippen LogP contribution is -2.24. The van der Waals surface area contributed by atoms with Gasteiger partial charge in [-0.25, -0.2) is 0 Å². The van der Waals surface area contributed by atoms with E-state index in [1.807, 2.05) is 0 Å². The molecule has 6 nitrogen and oxygen atoms in total. The Labute approximate surface area is 144 Å². The van der Waals surface area contributed by atoms with Gasteiger partial charge >= 0.3 is 0 Å². The van der Waals surface area contributed by atoms with E-state index in [-0.39, 0.29) is 29.6 Å². The molecule has 2 atom stereocenters. The molecular formula is C19H18O6. The molecule has 25 heavy (non-hydrogen) atoms. The van der Waals surface area contributed by atoms with Crippen molar-refractivity contribution in [2.45, 2.75) is 5.92 Å². The van der Waals surface area contributed by atoms with Crippen LogP contribution < -0.4 is 4.74 Å². The Morgan fingerprint density at radius 1 is 1.08 bits per heavy atom. The third-order valence-electron chi connectivity index (χ3n) is 4.56. The summed E-state index contributed by atoms with van der Waals surface area (Å²) in [5.41, 5.74) is 2.33. The third-order valence-corrected chi connectivity index (χ3v) is 4.56. The first-order chi connectivity index (χ1) is 12.0. The van der Waals surface area contributed by atoms with Crippen molar-refractivity contribution in [3.8, 4) is 23.0 Å². The number of ether oxygens (including phenoxy) is 1. The average Bonchev–Trinajstić information content (AvgIpc) is 2.62. The van der Waals surface area contributed by atoms with Crippen LogP contribution in [-0.2, 0) is 4.79 Å². The SMILES string of the molecule is COc1cc([C@H]2c3cc(O)c(O)cc3C=C(C=O)[C@@H]2CO)ccc1O. The summed E-state index contributed by atoms with van der Waals surface area (Å²) in [6, 6.07) is 7.58. The molecule has 3 rings (SSSR count). The molecule has 2 aromatic carbocycles. The molecule has 6 heteroatoms. The number of hydrogen-bond acceptors (Lipinski definition) is 6. The first kappa shape index (κ1) is 16.9. The fourth-order valence-corrected chi connectivity index (χ4v) is 3.33. The van der Waals surface area contributed by atoms with E-state index in [4.69, 9.17) is 4.74 Å². The Balaban J connectivity index is 2.25. The molecule has 130 valence electrons. The van der Waals surface area contributed by atoms with Crippen LogP contribution in [0.3, 0.4) is 0 Å². The summed E-state index contributed by atoms with van der Waals surface area (Å²) in [5.74, 6) is -1.31. The Morgan fingerprint density at radius 2 is 1.80 bits per heavy atom. The minimum Gasteiger partial charge on any atom is -0.504 e. The Bertz CT molecular complexity index is 855. The molecule has 4 N–H and O–H groups in total. The fourth-order valence-electron chi connectivity index (χ4n) is 3.33. The number of phenolic OH excluding ortho intramolecular Hbond substituents is 3. The van der Waals surface area contributed by atoms with Gasteiger partial charge in [0.2, 0.25) is 0 Å².